The summed E-state index contributed by atoms with van der Waals surface area (Å²) in [4.78, 5) is 4.59. The van der Waals surface area contributed by atoms with Gasteiger partial charge < -0.3 is 0 Å². The second-order valence-electron chi connectivity index (χ2n) is 8.49. The number of aromatic nitrogens is 1. The van der Waals surface area contributed by atoms with E-state index >= 15 is 0 Å². The Balaban J connectivity index is 1.63. The molecule has 0 bridgehead atoms. The minimum absolute atomic E-state index is 0.326. The molecule has 0 radical (unpaired) electrons. The fourth-order valence-electron chi connectivity index (χ4n) is 5.82. The third-order valence-corrected chi connectivity index (χ3v) is 7.22. The molecule has 0 unspecified atom stereocenters. The van der Waals surface area contributed by atoms with E-state index in [1.54, 1.807) is 0 Å². The van der Waals surface area contributed by atoms with E-state index in [9.17, 15) is 0 Å². The van der Waals surface area contributed by atoms with Gasteiger partial charge in [0.1, 0.15) is 5.15 Å². The Hall–Kier alpha value is -3.68. The number of fused-ring (bicyclic) bond motifs is 10. The highest BCUT2D eigenvalue weighted by Crippen LogP contribution is 2.62. The lowest BCUT2D eigenvalue weighted by atomic mass is 9.70. The minimum atomic E-state index is -0.326. The first-order valence-electron chi connectivity index (χ1n) is 10.9. The molecular weight excluding hydrogens is 410 g/mol. The number of pyridine rings is 1. The van der Waals surface area contributed by atoms with Crippen LogP contribution in [0.1, 0.15) is 22.3 Å². The summed E-state index contributed by atoms with van der Waals surface area (Å²) in [6.45, 7) is 0. The molecule has 0 fully saturated rings. The number of rotatable bonds is 1. The SMILES string of the molecule is Clc1cccc(-c2ccc3c(c2)C2(c4ccccc4-c4ccccc42)c2ccccc2-3)n1. The number of halogens is 1. The van der Waals surface area contributed by atoms with E-state index in [-0.39, 0.29) is 5.41 Å². The van der Waals surface area contributed by atoms with Crippen LogP contribution in [0.5, 0.6) is 0 Å². The van der Waals surface area contributed by atoms with Crippen LogP contribution in [-0.4, -0.2) is 4.98 Å². The molecule has 0 saturated carbocycles. The molecule has 0 saturated heterocycles. The van der Waals surface area contributed by atoms with Crippen molar-refractivity contribution >= 4 is 11.6 Å². The Morgan fingerprint density at radius 3 is 1.59 bits per heavy atom. The predicted octanol–water partition coefficient (Wildman–Crippen LogP) is 7.75. The number of nitrogens with zero attached hydrogens (tertiary/aromatic N) is 1. The third-order valence-electron chi connectivity index (χ3n) is 7.01. The highest BCUT2D eigenvalue weighted by atomic mass is 35.5. The maximum atomic E-state index is 6.23. The van der Waals surface area contributed by atoms with Gasteiger partial charge in [0.05, 0.1) is 11.1 Å². The molecule has 1 nitrogen and oxygen atoms in total. The van der Waals surface area contributed by atoms with Gasteiger partial charge in [0, 0.05) is 5.56 Å². The van der Waals surface area contributed by atoms with Gasteiger partial charge in [-0.05, 0) is 62.7 Å². The largest absolute Gasteiger partial charge is 0.236 e. The van der Waals surface area contributed by atoms with E-state index in [0.29, 0.717) is 5.15 Å². The van der Waals surface area contributed by atoms with Crippen LogP contribution in [0.15, 0.2) is 109 Å². The van der Waals surface area contributed by atoms with E-state index in [1.165, 1.54) is 44.5 Å². The molecule has 2 heteroatoms. The maximum Gasteiger partial charge on any atom is 0.129 e. The van der Waals surface area contributed by atoms with E-state index in [1.807, 2.05) is 18.2 Å². The zero-order valence-corrected chi connectivity index (χ0v) is 18.0. The van der Waals surface area contributed by atoms with Gasteiger partial charge in [-0.1, -0.05) is 103 Å². The van der Waals surface area contributed by atoms with Gasteiger partial charge in [0.25, 0.3) is 0 Å². The number of hydrogen-bond acceptors (Lipinski definition) is 1. The molecule has 0 aliphatic heterocycles. The molecule has 5 aromatic rings. The highest BCUT2D eigenvalue weighted by Gasteiger charge is 2.51. The fraction of sp³-hybridized carbons (Fsp3) is 0.0333. The van der Waals surface area contributed by atoms with Crippen LogP contribution in [0.2, 0.25) is 5.15 Å². The van der Waals surface area contributed by atoms with Crippen LogP contribution in [0.4, 0.5) is 0 Å². The minimum Gasteiger partial charge on any atom is -0.236 e. The highest BCUT2D eigenvalue weighted by molar-refractivity contribution is 6.29. The van der Waals surface area contributed by atoms with E-state index < -0.39 is 0 Å². The van der Waals surface area contributed by atoms with E-state index in [0.717, 1.165) is 11.3 Å². The standard InChI is InChI=1S/C30H18ClN/c31-29-15-7-14-28(32-29)19-16-17-23-22-10-3-6-13-26(22)30(27(23)18-19)24-11-4-1-8-20(24)21-9-2-5-12-25(21)30/h1-18H. The van der Waals surface area contributed by atoms with Crippen LogP contribution < -0.4 is 0 Å². The third kappa shape index (κ3) is 2.16. The average molecular weight is 428 g/mol. The predicted molar refractivity (Wildman–Crippen MR) is 131 cm³/mol. The van der Waals surface area contributed by atoms with E-state index in [4.69, 9.17) is 11.6 Å². The van der Waals surface area contributed by atoms with Crippen molar-refractivity contribution < 1.29 is 0 Å². The molecule has 150 valence electrons. The first-order valence-corrected chi connectivity index (χ1v) is 11.2. The maximum absolute atomic E-state index is 6.23. The van der Waals surface area contributed by atoms with Crippen molar-refractivity contribution in [2.75, 3.05) is 0 Å². The van der Waals surface area contributed by atoms with Crippen molar-refractivity contribution in [3.8, 4) is 33.5 Å². The monoisotopic (exact) mass is 427 g/mol. The van der Waals surface area contributed by atoms with Crippen molar-refractivity contribution in [2.45, 2.75) is 5.41 Å². The van der Waals surface area contributed by atoms with Gasteiger partial charge in [-0.25, -0.2) is 4.98 Å². The smallest absolute Gasteiger partial charge is 0.129 e. The first-order chi connectivity index (χ1) is 15.8. The van der Waals surface area contributed by atoms with Crippen molar-refractivity contribution in [2.24, 2.45) is 0 Å². The lowest BCUT2D eigenvalue weighted by Gasteiger charge is -2.30. The lowest BCUT2D eigenvalue weighted by Crippen LogP contribution is -2.25. The topological polar surface area (TPSA) is 12.9 Å². The summed E-state index contributed by atoms with van der Waals surface area (Å²) in [6, 6.07) is 39.1. The number of hydrogen-bond donors (Lipinski definition) is 0. The zero-order chi connectivity index (χ0) is 21.3. The van der Waals surface area contributed by atoms with Crippen LogP contribution in [0.25, 0.3) is 33.5 Å². The van der Waals surface area contributed by atoms with Crippen LogP contribution in [-0.2, 0) is 5.41 Å². The average Bonchev–Trinajstić information content (AvgIpc) is 3.31. The second-order valence-corrected chi connectivity index (χ2v) is 8.88. The molecular formula is C30H18ClN. The van der Waals surface area contributed by atoms with E-state index in [2.05, 4.69) is 96.0 Å². The second kappa shape index (κ2) is 6.41. The summed E-state index contributed by atoms with van der Waals surface area (Å²) in [5.41, 5.74) is 12.2. The van der Waals surface area contributed by atoms with Crippen molar-refractivity contribution in [1.82, 2.24) is 4.98 Å². The molecule has 2 aliphatic rings. The Morgan fingerprint density at radius 2 is 1.03 bits per heavy atom. The molecule has 0 amide bonds. The summed E-state index contributed by atoms with van der Waals surface area (Å²) < 4.78 is 0. The first kappa shape index (κ1) is 17.9. The molecule has 1 spiro atoms. The number of benzene rings is 4. The summed E-state index contributed by atoms with van der Waals surface area (Å²) in [5, 5.41) is 0.512. The van der Waals surface area contributed by atoms with Gasteiger partial charge >= 0.3 is 0 Å². The Bertz CT molecular complexity index is 1490. The Kier molecular flexibility index (Phi) is 3.60. The summed E-state index contributed by atoms with van der Waals surface area (Å²) in [6.07, 6.45) is 0. The zero-order valence-electron chi connectivity index (χ0n) is 17.2. The lowest BCUT2D eigenvalue weighted by molar-refractivity contribution is 0.794. The summed E-state index contributed by atoms with van der Waals surface area (Å²) in [5.74, 6) is 0. The fourth-order valence-corrected chi connectivity index (χ4v) is 5.99. The molecule has 4 aromatic carbocycles. The van der Waals surface area contributed by atoms with Crippen LogP contribution >= 0.6 is 11.6 Å². The molecule has 32 heavy (non-hydrogen) atoms. The van der Waals surface area contributed by atoms with Gasteiger partial charge in [-0.15, -0.1) is 0 Å². The van der Waals surface area contributed by atoms with Gasteiger partial charge in [-0.2, -0.15) is 0 Å². The molecule has 1 aromatic heterocycles. The van der Waals surface area contributed by atoms with Crippen LogP contribution in [0, 0.1) is 0 Å². The van der Waals surface area contributed by atoms with Crippen molar-refractivity contribution in [3.05, 3.63) is 137 Å². The molecule has 0 N–H and O–H groups in total. The molecule has 1 heterocycles. The summed E-state index contributed by atoms with van der Waals surface area (Å²) in [7, 11) is 0. The van der Waals surface area contributed by atoms with Gasteiger partial charge in [0.15, 0.2) is 0 Å². The quantitative estimate of drug-likeness (QED) is 0.244. The van der Waals surface area contributed by atoms with Crippen LogP contribution in [0.3, 0.4) is 0 Å². The van der Waals surface area contributed by atoms with Gasteiger partial charge in [0.2, 0.25) is 0 Å². The van der Waals surface area contributed by atoms with Gasteiger partial charge in [-0.3, -0.25) is 0 Å². The normalized spacial score (nSPS) is 14.0. The molecule has 0 atom stereocenters. The molecule has 2 aliphatic carbocycles. The van der Waals surface area contributed by atoms with Crippen molar-refractivity contribution in [1.29, 1.82) is 0 Å². The Labute approximate surface area is 192 Å². The summed E-state index contributed by atoms with van der Waals surface area (Å²) >= 11 is 6.23. The van der Waals surface area contributed by atoms with Crippen molar-refractivity contribution in [3.63, 3.8) is 0 Å². The molecule has 7 rings (SSSR count). The Morgan fingerprint density at radius 1 is 0.500 bits per heavy atom.